The van der Waals surface area contributed by atoms with Crippen LogP contribution in [0.2, 0.25) is 0 Å². The largest absolute Gasteiger partial charge is 0.494 e. The number of hydrogen-bond acceptors (Lipinski definition) is 3. The van der Waals surface area contributed by atoms with Crippen LogP contribution in [0, 0.1) is 5.92 Å². The second-order valence-corrected chi connectivity index (χ2v) is 8.38. The molecule has 0 spiro atoms. The van der Waals surface area contributed by atoms with E-state index in [1.807, 2.05) is 63.2 Å². The van der Waals surface area contributed by atoms with Gasteiger partial charge in [0, 0.05) is 35.3 Å². The van der Waals surface area contributed by atoms with Crippen molar-refractivity contribution in [1.29, 1.82) is 0 Å². The van der Waals surface area contributed by atoms with Gasteiger partial charge in [-0.3, -0.25) is 4.79 Å². The number of fused-ring (bicyclic) bond motifs is 1. The Kier molecular flexibility index (Phi) is 5.98. The molecule has 0 aliphatic heterocycles. The molecule has 6 heteroatoms. The molecule has 6 nitrogen and oxygen atoms in total. The average molecular weight is 420 g/mol. The van der Waals surface area contributed by atoms with E-state index in [0.717, 1.165) is 40.7 Å². The van der Waals surface area contributed by atoms with Crippen molar-refractivity contribution >= 4 is 28.9 Å². The normalized spacial score (nSPS) is 13.4. The molecule has 2 aromatic carbocycles. The molecule has 2 amide bonds. The zero-order valence-electron chi connectivity index (χ0n) is 18.3. The maximum Gasteiger partial charge on any atom is 0.319 e. The van der Waals surface area contributed by atoms with Crippen LogP contribution >= 0.6 is 0 Å². The highest BCUT2D eigenvalue weighted by Crippen LogP contribution is 2.39. The second kappa shape index (κ2) is 8.84. The van der Waals surface area contributed by atoms with Crippen LogP contribution in [0.4, 0.5) is 10.5 Å². The third-order valence-electron chi connectivity index (χ3n) is 5.48. The first-order valence-electron chi connectivity index (χ1n) is 10.9. The summed E-state index contributed by atoms with van der Waals surface area (Å²) in [5.41, 5.74) is 4.29. The van der Waals surface area contributed by atoms with Crippen LogP contribution in [0.25, 0.3) is 22.2 Å². The first-order chi connectivity index (χ1) is 15.0. The molecule has 1 saturated carbocycles. The Morgan fingerprint density at radius 2 is 1.94 bits per heavy atom. The van der Waals surface area contributed by atoms with Crippen LogP contribution in [0.1, 0.15) is 44.0 Å². The Morgan fingerprint density at radius 1 is 1.19 bits per heavy atom. The molecule has 4 rings (SSSR count). The van der Waals surface area contributed by atoms with Crippen molar-refractivity contribution in [3.05, 3.63) is 48.0 Å². The van der Waals surface area contributed by atoms with Gasteiger partial charge in [-0.05, 0) is 69.4 Å². The molecular weight excluding hydrogens is 390 g/mol. The molecule has 1 heterocycles. The lowest BCUT2D eigenvalue weighted by Crippen LogP contribution is -2.34. The van der Waals surface area contributed by atoms with Crippen LogP contribution in [-0.4, -0.2) is 29.5 Å². The molecule has 0 saturated heterocycles. The minimum atomic E-state index is -0.234. The van der Waals surface area contributed by atoms with Gasteiger partial charge < -0.3 is 19.9 Å². The SMILES string of the molecule is CCOc1ccc2c(C=O)c(-c3ccc(NC(=O)NC(C)C)cc3)n(CC3CC3)c2c1. The lowest BCUT2D eigenvalue weighted by molar-refractivity contribution is 0.112. The van der Waals surface area contributed by atoms with E-state index in [1.54, 1.807) is 0 Å². The fourth-order valence-electron chi connectivity index (χ4n) is 3.93. The molecule has 1 aliphatic carbocycles. The number of benzene rings is 2. The van der Waals surface area contributed by atoms with Gasteiger partial charge in [-0.1, -0.05) is 12.1 Å². The predicted molar refractivity (Wildman–Crippen MR) is 124 cm³/mol. The number of nitrogens with one attached hydrogen (secondary N) is 2. The molecule has 1 fully saturated rings. The molecule has 2 N–H and O–H groups in total. The van der Waals surface area contributed by atoms with Crippen molar-refractivity contribution in [3.8, 4) is 17.0 Å². The molecule has 0 unspecified atom stereocenters. The summed E-state index contributed by atoms with van der Waals surface area (Å²) in [5, 5.41) is 6.59. The molecule has 162 valence electrons. The summed E-state index contributed by atoms with van der Waals surface area (Å²) < 4.78 is 7.97. The number of rotatable bonds is 8. The molecule has 1 aliphatic rings. The number of carbonyl (C=O) groups excluding carboxylic acids is 2. The minimum Gasteiger partial charge on any atom is -0.494 e. The fraction of sp³-hybridized carbons (Fsp3) is 0.360. The fourth-order valence-corrected chi connectivity index (χ4v) is 3.93. The maximum atomic E-state index is 12.1. The van der Waals surface area contributed by atoms with Gasteiger partial charge in [0.15, 0.2) is 6.29 Å². The van der Waals surface area contributed by atoms with Gasteiger partial charge in [0.05, 0.1) is 17.8 Å². The zero-order chi connectivity index (χ0) is 22.0. The number of amides is 2. The van der Waals surface area contributed by atoms with Crippen molar-refractivity contribution < 1.29 is 14.3 Å². The minimum absolute atomic E-state index is 0.0640. The van der Waals surface area contributed by atoms with Crippen LogP contribution in [-0.2, 0) is 6.54 Å². The van der Waals surface area contributed by atoms with Crippen LogP contribution in [0.3, 0.4) is 0 Å². The van der Waals surface area contributed by atoms with Crippen LogP contribution in [0.5, 0.6) is 5.75 Å². The molecule has 0 atom stereocenters. The monoisotopic (exact) mass is 419 g/mol. The number of urea groups is 1. The zero-order valence-corrected chi connectivity index (χ0v) is 18.3. The van der Waals surface area contributed by atoms with Crippen LogP contribution in [0.15, 0.2) is 42.5 Å². The van der Waals surface area contributed by atoms with Gasteiger partial charge in [0.25, 0.3) is 0 Å². The van der Waals surface area contributed by atoms with E-state index in [0.29, 0.717) is 23.8 Å². The summed E-state index contributed by atoms with van der Waals surface area (Å²) in [6.07, 6.45) is 3.38. The van der Waals surface area contributed by atoms with Crippen molar-refractivity contribution in [2.45, 2.75) is 46.2 Å². The Labute approximate surface area is 182 Å². The molecular formula is C25H29N3O3. The van der Waals surface area contributed by atoms with Crippen molar-refractivity contribution in [2.24, 2.45) is 5.92 Å². The first-order valence-corrected chi connectivity index (χ1v) is 10.9. The van der Waals surface area contributed by atoms with E-state index < -0.39 is 0 Å². The van der Waals surface area contributed by atoms with Gasteiger partial charge in [-0.25, -0.2) is 4.79 Å². The Bertz CT molecular complexity index is 1100. The van der Waals surface area contributed by atoms with E-state index in [4.69, 9.17) is 4.74 Å². The summed E-state index contributed by atoms with van der Waals surface area (Å²) in [7, 11) is 0. The molecule has 1 aromatic heterocycles. The van der Waals surface area contributed by atoms with Crippen molar-refractivity contribution in [3.63, 3.8) is 0 Å². The molecule has 0 radical (unpaired) electrons. The third-order valence-corrected chi connectivity index (χ3v) is 5.48. The predicted octanol–water partition coefficient (Wildman–Crippen LogP) is 5.46. The maximum absolute atomic E-state index is 12.1. The Balaban J connectivity index is 1.75. The summed E-state index contributed by atoms with van der Waals surface area (Å²) in [6, 6.07) is 13.4. The number of aromatic nitrogens is 1. The van der Waals surface area contributed by atoms with E-state index >= 15 is 0 Å². The number of anilines is 1. The molecule has 0 bridgehead atoms. The third kappa shape index (κ3) is 4.58. The first kappa shape index (κ1) is 21.0. The highest BCUT2D eigenvalue weighted by atomic mass is 16.5. The van der Waals surface area contributed by atoms with Gasteiger partial charge in [0.1, 0.15) is 5.75 Å². The molecule has 3 aromatic rings. The highest BCUT2D eigenvalue weighted by Gasteiger charge is 2.26. The number of nitrogens with zero attached hydrogens (tertiary/aromatic N) is 1. The lowest BCUT2D eigenvalue weighted by atomic mass is 10.1. The second-order valence-electron chi connectivity index (χ2n) is 8.38. The summed E-state index contributed by atoms with van der Waals surface area (Å²) >= 11 is 0. The Morgan fingerprint density at radius 3 is 2.55 bits per heavy atom. The van der Waals surface area contributed by atoms with E-state index in [-0.39, 0.29) is 12.1 Å². The molecule has 31 heavy (non-hydrogen) atoms. The number of hydrogen-bond donors (Lipinski definition) is 2. The summed E-state index contributed by atoms with van der Waals surface area (Å²) in [5.74, 6) is 1.45. The number of aldehydes is 1. The van der Waals surface area contributed by atoms with Crippen molar-refractivity contribution in [2.75, 3.05) is 11.9 Å². The lowest BCUT2D eigenvalue weighted by Gasteiger charge is -2.13. The number of ether oxygens (including phenoxy) is 1. The van der Waals surface area contributed by atoms with Crippen LogP contribution < -0.4 is 15.4 Å². The van der Waals surface area contributed by atoms with Gasteiger partial charge in [-0.2, -0.15) is 0 Å². The van der Waals surface area contributed by atoms with Gasteiger partial charge in [-0.15, -0.1) is 0 Å². The van der Waals surface area contributed by atoms with E-state index in [9.17, 15) is 9.59 Å². The standard InChI is InChI=1S/C25H29N3O3/c1-4-31-20-11-12-21-22(15-29)24(28(23(21)13-20)14-17-5-6-17)18-7-9-19(10-8-18)27-25(30)26-16(2)3/h7-13,15-17H,4-6,14H2,1-3H3,(H2,26,27,30). The highest BCUT2D eigenvalue weighted by molar-refractivity contribution is 6.05. The van der Waals surface area contributed by atoms with Gasteiger partial charge in [0.2, 0.25) is 0 Å². The van der Waals surface area contributed by atoms with Crippen molar-refractivity contribution in [1.82, 2.24) is 9.88 Å². The summed E-state index contributed by atoms with van der Waals surface area (Å²) in [4.78, 5) is 24.1. The smallest absolute Gasteiger partial charge is 0.319 e. The summed E-state index contributed by atoms with van der Waals surface area (Å²) in [6.45, 7) is 7.28. The average Bonchev–Trinajstić information content (AvgIpc) is 3.50. The van der Waals surface area contributed by atoms with E-state index in [2.05, 4.69) is 15.2 Å². The Hall–Kier alpha value is -3.28. The topological polar surface area (TPSA) is 72.4 Å². The number of carbonyl (C=O) groups is 2. The quantitative estimate of drug-likeness (QED) is 0.476. The van der Waals surface area contributed by atoms with Gasteiger partial charge >= 0.3 is 6.03 Å². The van der Waals surface area contributed by atoms with E-state index in [1.165, 1.54) is 12.8 Å².